The molecule has 1 amide bonds. The summed E-state index contributed by atoms with van der Waals surface area (Å²) in [6.45, 7) is 0. The van der Waals surface area contributed by atoms with E-state index in [-0.39, 0.29) is 5.95 Å². The molecule has 1 aliphatic carbocycles. The van der Waals surface area contributed by atoms with Crippen LogP contribution >= 0.6 is 11.6 Å². The number of hydrogen-bond acceptors (Lipinski definition) is 3. The number of aromatic nitrogens is 3. The number of alkyl halides is 3. The van der Waals surface area contributed by atoms with Crippen LogP contribution in [-0.2, 0) is 16.4 Å². The highest BCUT2D eigenvalue weighted by atomic mass is 35.5. The Bertz CT molecular complexity index is 736. The summed E-state index contributed by atoms with van der Waals surface area (Å²) in [5, 5.41) is 8.16. The molecule has 1 aromatic heterocycles. The van der Waals surface area contributed by atoms with Gasteiger partial charge >= 0.3 is 6.18 Å². The van der Waals surface area contributed by atoms with Crippen molar-refractivity contribution < 1.29 is 18.0 Å². The lowest BCUT2D eigenvalue weighted by Gasteiger charge is -2.27. The summed E-state index contributed by atoms with van der Waals surface area (Å²) in [7, 11) is 0. The van der Waals surface area contributed by atoms with Crippen LogP contribution in [0, 0.1) is 0 Å². The fraction of sp³-hybridized carbons (Fsp3) is 0.400. The van der Waals surface area contributed by atoms with Gasteiger partial charge in [0.15, 0.2) is 0 Å². The molecule has 1 saturated carbocycles. The van der Waals surface area contributed by atoms with Crippen LogP contribution in [0.1, 0.15) is 37.1 Å². The van der Waals surface area contributed by atoms with Gasteiger partial charge in [-0.25, -0.2) is 0 Å². The smallest absolute Gasteiger partial charge is 0.292 e. The predicted octanol–water partition coefficient (Wildman–Crippen LogP) is 3.93. The number of rotatable bonds is 3. The van der Waals surface area contributed by atoms with Crippen LogP contribution in [0.4, 0.5) is 19.1 Å². The second-order valence-corrected chi connectivity index (χ2v) is 6.19. The van der Waals surface area contributed by atoms with E-state index in [4.69, 9.17) is 11.6 Å². The minimum Gasteiger partial charge on any atom is -0.292 e. The Hall–Kier alpha value is -2.09. The van der Waals surface area contributed by atoms with Crippen molar-refractivity contribution in [2.75, 3.05) is 5.32 Å². The molecule has 0 atom stereocenters. The predicted molar refractivity (Wildman–Crippen MR) is 81.6 cm³/mol. The van der Waals surface area contributed by atoms with Gasteiger partial charge in [-0.1, -0.05) is 36.6 Å². The fourth-order valence-corrected chi connectivity index (χ4v) is 3.19. The summed E-state index contributed by atoms with van der Waals surface area (Å²) in [6.07, 6.45) is -1.71. The quantitative estimate of drug-likeness (QED) is 0.873. The van der Waals surface area contributed by atoms with Crippen LogP contribution in [0.25, 0.3) is 0 Å². The molecular formula is C15H14ClF3N4O. The number of H-pyrrole nitrogens is 1. The van der Waals surface area contributed by atoms with Gasteiger partial charge in [-0.05, 0) is 30.5 Å². The van der Waals surface area contributed by atoms with Crippen LogP contribution < -0.4 is 5.32 Å². The Morgan fingerprint density at radius 1 is 1.21 bits per heavy atom. The number of hydrogen-bond donors (Lipinski definition) is 2. The van der Waals surface area contributed by atoms with Gasteiger partial charge in [0.05, 0.1) is 5.41 Å². The molecule has 9 heteroatoms. The highest BCUT2D eigenvalue weighted by molar-refractivity contribution is 6.30. The molecule has 0 spiro atoms. The van der Waals surface area contributed by atoms with E-state index in [1.807, 2.05) is 0 Å². The summed E-state index contributed by atoms with van der Waals surface area (Å²) in [5.74, 6) is -2.03. The van der Waals surface area contributed by atoms with Crippen LogP contribution in [0.5, 0.6) is 0 Å². The molecule has 1 heterocycles. The van der Waals surface area contributed by atoms with E-state index >= 15 is 0 Å². The maximum absolute atomic E-state index is 12.8. The Kier molecular flexibility index (Phi) is 4.25. The number of halogens is 4. The van der Waals surface area contributed by atoms with Crippen LogP contribution in [-0.4, -0.2) is 21.1 Å². The van der Waals surface area contributed by atoms with Crippen molar-refractivity contribution in [1.82, 2.24) is 15.2 Å². The van der Waals surface area contributed by atoms with Crippen molar-refractivity contribution in [1.29, 1.82) is 0 Å². The lowest BCUT2D eigenvalue weighted by molar-refractivity contribution is -0.144. The minimum absolute atomic E-state index is 0.382. The zero-order valence-electron chi connectivity index (χ0n) is 12.5. The third kappa shape index (κ3) is 3.10. The van der Waals surface area contributed by atoms with Gasteiger partial charge in [0.2, 0.25) is 17.7 Å². The van der Waals surface area contributed by atoms with Crippen molar-refractivity contribution in [2.24, 2.45) is 0 Å². The first-order chi connectivity index (χ1) is 11.3. The third-order valence-corrected chi connectivity index (χ3v) is 4.52. The molecule has 0 radical (unpaired) electrons. The number of anilines is 1. The van der Waals surface area contributed by atoms with E-state index in [9.17, 15) is 18.0 Å². The lowest BCUT2D eigenvalue weighted by atomic mass is 9.78. The first-order valence-electron chi connectivity index (χ1n) is 7.38. The molecule has 2 aromatic rings. The van der Waals surface area contributed by atoms with Crippen LogP contribution in [0.3, 0.4) is 0 Å². The van der Waals surface area contributed by atoms with Crippen LogP contribution in [0.15, 0.2) is 24.3 Å². The summed E-state index contributed by atoms with van der Waals surface area (Å²) < 4.78 is 37.7. The fourth-order valence-electron chi connectivity index (χ4n) is 3.06. The zero-order chi connectivity index (χ0) is 17.4. The zero-order valence-corrected chi connectivity index (χ0v) is 13.2. The topological polar surface area (TPSA) is 70.7 Å². The Morgan fingerprint density at radius 2 is 1.83 bits per heavy atom. The summed E-state index contributed by atoms with van der Waals surface area (Å²) in [6, 6.07) is 6.93. The largest absolute Gasteiger partial charge is 0.451 e. The SMILES string of the molecule is O=C(Nc1n[nH]c(C(F)(F)F)n1)C1(c2ccc(Cl)cc2)CCCC1. The van der Waals surface area contributed by atoms with Gasteiger partial charge in [-0.3, -0.25) is 15.2 Å². The number of carbonyl (C=O) groups is 1. The van der Waals surface area contributed by atoms with Gasteiger partial charge in [-0.15, -0.1) is 5.10 Å². The van der Waals surface area contributed by atoms with Crippen molar-refractivity contribution in [3.05, 3.63) is 40.7 Å². The first kappa shape index (κ1) is 16.8. The Labute approximate surface area is 140 Å². The van der Waals surface area contributed by atoms with Crippen LogP contribution in [0.2, 0.25) is 5.02 Å². The second kappa shape index (κ2) is 6.08. The molecular weight excluding hydrogens is 345 g/mol. The Balaban J connectivity index is 1.85. The highest BCUT2D eigenvalue weighted by Gasteiger charge is 2.43. The van der Waals surface area contributed by atoms with Gasteiger partial charge in [0, 0.05) is 5.02 Å². The molecule has 24 heavy (non-hydrogen) atoms. The number of amides is 1. The standard InChI is InChI=1S/C15H14ClF3N4O/c16-10-5-3-9(4-6-10)14(7-1-2-8-14)12(24)21-13-20-11(22-23-13)15(17,18)19/h3-6H,1-2,7-8H2,(H2,20,21,22,23,24). The molecule has 1 fully saturated rings. The maximum Gasteiger partial charge on any atom is 0.451 e. The average molecular weight is 359 g/mol. The van der Waals surface area contributed by atoms with Gasteiger partial charge in [0.25, 0.3) is 0 Å². The van der Waals surface area contributed by atoms with Gasteiger partial charge in [-0.2, -0.15) is 18.2 Å². The van der Waals surface area contributed by atoms with E-state index in [0.29, 0.717) is 17.9 Å². The molecule has 1 aromatic carbocycles. The number of benzene rings is 1. The highest BCUT2D eigenvalue weighted by Crippen LogP contribution is 2.42. The Morgan fingerprint density at radius 3 is 2.38 bits per heavy atom. The van der Waals surface area contributed by atoms with E-state index in [1.165, 1.54) is 0 Å². The second-order valence-electron chi connectivity index (χ2n) is 5.76. The van der Waals surface area contributed by atoms with E-state index in [1.54, 1.807) is 29.4 Å². The van der Waals surface area contributed by atoms with E-state index < -0.39 is 23.3 Å². The van der Waals surface area contributed by atoms with Gasteiger partial charge < -0.3 is 0 Å². The molecule has 3 rings (SSSR count). The lowest BCUT2D eigenvalue weighted by Crippen LogP contribution is -2.38. The molecule has 0 saturated heterocycles. The van der Waals surface area contributed by atoms with Crippen molar-refractivity contribution in [2.45, 2.75) is 37.3 Å². The molecule has 1 aliphatic rings. The number of aromatic amines is 1. The normalized spacial score (nSPS) is 17.0. The number of nitrogens with zero attached hydrogens (tertiary/aromatic N) is 2. The molecule has 0 bridgehead atoms. The number of carbonyl (C=O) groups excluding carboxylic acids is 1. The third-order valence-electron chi connectivity index (χ3n) is 4.27. The monoisotopic (exact) mass is 358 g/mol. The van der Waals surface area contributed by atoms with Crippen molar-refractivity contribution in [3.8, 4) is 0 Å². The molecule has 0 aliphatic heterocycles. The summed E-state index contributed by atoms with van der Waals surface area (Å²) in [4.78, 5) is 16.0. The van der Waals surface area contributed by atoms with E-state index in [2.05, 4.69) is 15.4 Å². The minimum atomic E-state index is -4.64. The average Bonchev–Trinajstić information content (AvgIpc) is 3.17. The molecule has 2 N–H and O–H groups in total. The maximum atomic E-state index is 12.8. The molecule has 5 nitrogen and oxygen atoms in total. The molecule has 0 unspecified atom stereocenters. The number of nitrogens with one attached hydrogen (secondary N) is 2. The van der Waals surface area contributed by atoms with Crippen molar-refractivity contribution >= 4 is 23.5 Å². The first-order valence-corrected chi connectivity index (χ1v) is 7.76. The van der Waals surface area contributed by atoms with E-state index in [0.717, 1.165) is 18.4 Å². The molecule has 128 valence electrons. The summed E-state index contributed by atoms with van der Waals surface area (Å²) >= 11 is 5.89. The van der Waals surface area contributed by atoms with Gasteiger partial charge in [0.1, 0.15) is 0 Å². The van der Waals surface area contributed by atoms with Crippen molar-refractivity contribution in [3.63, 3.8) is 0 Å². The summed E-state index contributed by atoms with van der Waals surface area (Å²) in [5.41, 5.74) is -0.0163.